The minimum absolute atomic E-state index is 0.0603. The van der Waals surface area contributed by atoms with Gasteiger partial charge in [-0.1, -0.05) is 43.5 Å². The Morgan fingerprint density at radius 1 is 1.33 bits per heavy atom. The highest BCUT2D eigenvalue weighted by atomic mass is 35.5. The standard InChI is InChI=1S/C15H22ClNO/c1-2-4-12-7-9-17(10-8-12)15-13(11-18)5-3-6-14(15)16/h3,5-6,12,18H,2,4,7-11H2,1H3. The van der Waals surface area contributed by atoms with Gasteiger partial charge in [0.1, 0.15) is 0 Å². The van der Waals surface area contributed by atoms with E-state index in [-0.39, 0.29) is 6.61 Å². The summed E-state index contributed by atoms with van der Waals surface area (Å²) in [4.78, 5) is 2.33. The van der Waals surface area contributed by atoms with Crippen LogP contribution in [0.5, 0.6) is 0 Å². The number of rotatable bonds is 4. The summed E-state index contributed by atoms with van der Waals surface area (Å²) >= 11 is 6.29. The minimum Gasteiger partial charge on any atom is -0.392 e. The first-order chi connectivity index (χ1) is 8.76. The van der Waals surface area contributed by atoms with Gasteiger partial charge in [0.25, 0.3) is 0 Å². The van der Waals surface area contributed by atoms with Gasteiger partial charge in [-0.05, 0) is 24.8 Å². The number of hydrogen-bond acceptors (Lipinski definition) is 2. The SMILES string of the molecule is CCCC1CCN(c2c(Cl)cccc2CO)CC1. The third-order valence-electron chi connectivity index (χ3n) is 3.87. The molecule has 1 N–H and O–H groups in total. The summed E-state index contributed by atoms with van der Waals surface area (Å²) < 4.78 is 0. The van der Waals surface area contributed by atoms with Crippen molar-refractivity contribution < 1.29 is 5.11 Å². The van der Waals surface area contributed by atoms with Crippen molar-refractivity contribution in [3.63, 3.8) is 0 Å². The molecule has 0 radical (unpaired) electrons. The molecule has 1 fully saturated rings. The maximum Gasteiger partial charge on any atom is 0.0702 e. The first-order valence-corrected chi connectivity index (χ1v) is 7.27. The number of nitrogens with zero attached hydrogens (tertiary/aromatic N) is 1. The smallest absolute Gasteiger partial charge is 0.0702 e. The van der Waals surface area contributed by atoms with E-state index in [0.29, 0.717) is 0 Å². The molecule has 2 nitrogen and oxygen atoms in total. The van der Waals surface area contributed by atoms with Crippen LogP contribution in [-0.4, -0.2) is 18.2 Å². The number of anilines is 1. The van der Waals surface area contributed by atoms with E-state index in [9.17, 15) is 5.11 Å². The second-order valence-corrected chi connectivity index (χ2v) is 5.53. The summed E-state index contributed by atoms with van der Waals surface area (Å²) in [5.41, 5.74) is 1.98. The van der Waals surface area contributed by atoms with Gasteiger partial charge in [0.2, 0.25) is 0 Å². The molecule has 1 heterocycles. The molecule has 0 saturated carbocycles. The molecule has 0 aromatic heterocycles. The van der Waals surface area contributed by atoms with Gasteiger partial charge in [-0.2, -0.15) is 0 Å². The Kier molecular flexibility index (Phi) is 4.90. The van der Waals surface area contributed by atoms with Crippen LogP contribution >= 0.6 is 11.6 Å². The molecule has 2 rings (SSSR count). The van der Waals surface area contributed by atoms with Crippen molar-refractivity contribution in [2.45, 2.75) is 39.2 Å². The quantitative estimate of drug-likeness (QED) is 0.896. The van der Waals surface area contributed by atoms with E-state index < -0.39 is 0 Å². The largest absolute Gasteiger partial charge is 0.392 e. The van der Waals surface area contributed by atoms with Crippen molar-refractivity contribution in [1.29, 1.82) is 0 Å². The summed E-state index contributed by atoms with van der Waals surface area (Å²) in [6.45, 7) is 4.43. The summed E-state index contributed by atoms with van der Waals surface area (Å²) in [6.07, 6.45) is 5.09. The summed E-state index contributed by atoms with van der Waals surface area (Å²) in [7, 11) is 0. The molecule has 0 spiro atoms. The Bertz CT molecular complexity index is 386. The molecule has 1 saturated heterocycles. The highest BCUT2D eigenvalue weighted by Gasteiger charge is 2.21. The fraction of sp³-hybridized carbons (Fsp3) is 0.600. The van der Waals surface area contributed by atoms with E-state index in [1.807, 2.05) is 18.2 Å². The van der Waals surface area contributed by atoms with E-state index in [1.165, 1.54) is 25.7 Å². The van der Waals surface area contributed by atoms with Gasteiger partial charge in [-0.15, -0.1) is 0 Å². The van der Waals surface area contributed by atoms with Crippen LogP contribution < -0.4 is 4.90 Å². The van der Waals surface area contributed by atoms with Crippen molar-refractivity contribution >= 4 is 17.3 Å². The lowest BCUT2D eigenvalue weighted by atomic mass is 9.92. The first-order valence-electron chi connectivity index (χ1n) is 6.89. The number of benzene rings is 1. The second kappa shape index (κ2) is 6.44. The van der Waals surface area contributed by atoms with Crippen LogP contribution in [0.4, 0.5) is 5.69 Å². The monoisotopic (exact) mass is 267 g/mol. The van der Waals surface area contributed by atoms with Gasteiger partial charge in [-0.25, -0.2) is 0 Å². The van der Waals surface area contributed by atoms with Crippen LogP contribution in [0.25, 0.3) is 0 Å². The average molecular weight is 268 g/mol. The van der Waals surface area contributed by atoms with Crippen LogP contribution in [0.2, 0.25) is 5.02 Å². The fourth-order valence-corrected chi connectivity index (χ4v) is 3.21. The lowest BCUT2D eigenvalue weighted by Gasteiger charge is -2.35. The zero-order valence-electron chi connectivity index (χ0n) is 11.0. The van der Waals surface area contributed by atoms with Gasteiger partial charge in [0, 0.05) is 18.7 Å². The Balaban J connectivity index is 2.09. The average Bonchev–Trinajstić information content (AvgIpc) is 2.40. The Morgan fingerprint density at radius 2 is 2.06 bits per heavy atom. The van der Waals surface area contributed by atoms with Crippen molar-refractivity contribution in [1.82, 2.24) is 0 Å². The van der Waals surface area contributed by atoms with Crippen LogP contribution in [0, 0.1) is 5.92 Å². The molecular formula is C15H22ClNO. The zero-order valence-corrected chi connectivity index (χ0v) is 11.8. The molecule has 1 aromatic rings. The minimum atomic E-state index is 0.0603. The van der Waals surface area contributed by atoms with E-state index in [1.54, 1.807) is 0 Å². The van der Waals surface area contributed by atoms with E-state index in [0.717, 1.165) is 35.3 Å². The van der Waals surface area contributed by atoms with Crippen LogP contribution in [-0.2, 0) is 6.61 Å². The van der Waals surface area contributed by atoms with Crippen LogP contribution in [0.15, 0.2) is 18.2 Å². The van der Waals surface area contributed by atoms with Crippen molar-refractivity contribution in [2.24, 2.45) is 5.92 Å². The molecule has 0 bridgehead atoms. The van der Waals surface area contributed by atoms with Gasteiger partial charge in [0.15, 0.2) is 0 Å². The summed E-state index contributed by atoms with van der Waals surface area (Å²) in [5.74, 6) is 0.867. The lowest BCUT2D eigenvalue weighted by Crippen LogP contribution is -2.34. The molecule has 18 heavy (non-hydrogen) atoms. The molecule has 1 aliphatic heterocycles. The third-order valence-corrected chi connectivity index (χ3v) is 4.17. The number of halogens is 1. The number of hydrogen-bond donors (Lipinski definition) is 1. The number of aliphatic hydroxyl groups is 1. The summed E-state index contributed by atoms with van der Waals surface area (Å²) in [5, 5.41) is 10.2. The van der Waals surface area contributed by atoms with Gasteiger partial charge in [-0.3, -0.25) is 0 Å². The molecule has 3 heteroatoms. The normalized spacial score (nSPS) is 17.2. The highest BCUT2D eigenvalue weighted by molar-refractivity contribution is 6.33. The van der Waals surface area contributed by atoms with Crippen LogP contribution in [0.1, 0.15) is 38.2 Å². The van der Waals surface area contributed by atoms with Gasteiger partial charge < -0.3 is 10.0 Å². The third kappa shape index (κ3) is 2.99. The maximum absolute atomic E-state index is 9.42. The van der Waals surface area contributed by atoms with Gasteiger partial charge in [0.05, 0.1) is 17.3 Å². The number of aliphatic hydroxyl groups excluding tert-OH is 1. The predicted molar refractivity (Wildman–Crippen MR) is 77.2 cm³/mol. The molecule has 0 atom stereocenters. The van der Waals surface area contributed by atoms with Crippen LogP contribution in [0.3, 0.4) is 0 Å². The molecule has 0 amide bonds. The molecule has 1 aromatic carbocycles. The first kappa shape index (κ1) is 13.7. The molecule has 1 aliphatic rings. The molecule has 0 unspecified atom stereocenters. The summed E-state index contributed by atoms with van der Waals surface area (Å²) in [6, 6.07) is 5.77. The van der Waals surface area contributed by atoms with Gasteiger partial charge >= 0.3 is 0 Å². The second-order valence-electron chi connectivity index (χ2n) is 5.12. The Labute approximate surface area is 115 Å². The number of para-hydroxylation sites is 1. The Hall–Kier alpha value is -0.730. The van der Waals surface area contributed by atoms with E-state index >= 15 is 0 Å². The maximum atomic E-state index is 9.42. The van der Waals surface area contributed by atoms with E-state index in [4.69, 9.17) is 11.6 Å². The molecule has 100 valence electrons. The number of piperidine rings is 1. The van der Waals surface area contributed by atoms with Crippen molar-refractivity contribution in [2.75, 3.05) is 18.0 Å². The van der Waals surface area contributed by atoms with Crippen molar-refractivity contribution in [3.8, 4) is 0 Å². The fourth-order valence-electron chi connectivity index (χ4n) is 2.90. The van der Waals surface area contributed by atoms with E-state index in [2.05, 4.69) is 11.8 Å². The topological polar surface area (TPSA) is 23.5 Å². The lowest BCUT2D eigenvalue weighted by molar-refractivity contribution is 0.281. The molecular weight excluding hydrogens is 246 g/mol. The zero-order chi connectivity index (χ0) is 13.0. The Morgan fingerprint density at radius 3 is 2.67 bits per heavy atom. The molecule has 0 aliphatic carbocycles. The van der Waals surface area contributed by atoms with Crippen molar-refractivity contribution in [3.05, 3.63) is 28.8 Å². The predicted octanol–water partition coefficient (Wildman–Crippen LogP) is 3.85. The highest BCUT2D eigenvalue weighted by Crippen LogP contribution is 2.33.